The van der Waals surface area contributed by atoms with Gasteiger partial charge in [-0.3, -0.25) is 9.59 Å². The molecule has 4 aromatic rings. The minimum atomic E-state index is -0.610. The minimum Gasteiger partial charge on any atom is -0.464 e. The van der Waals surface area contributed by atoms with Gasteiger partial charge in [0, 0.05) is 37.5 Å². The Labute approximate surface area is 209 Å². The number of carbonyl (C=O) groups excluding carboxylic acids is 1. The maximum absolute atomic E-state index is 13.8. The molecule has 0 saturated heterocycles. The summed E-state index contributed by atoms with van der Waals surface area (Å²) in [6, 6.07) is 22.8. The fraction of sp³-hybridized carbons (Fsp3) is 0.200. The Bertz CT molecular complexity index is 1570. The molecule has 0 fully saturated rings. The minimum absolute atomic E-state index is 0.0308. The lowest BCUT2D eigenvalue weighted by molar-refractivity contribution is -0.116. The van der Waals surface area contributed by atoms with Crippen LogP contribution in [-0.2, 0) is 4.79 Å². The Morgan fingerprint density at radius 2 is 1.58 bits per heavy atom. The van der Waals surface area contributed by atoms with Gasteiger partial charge in [0.1, 0.15) is 11.8 Å². The number of ketones is 1. The van der Waals surface area contributed by atoms with E-state index in [1.165, 1.54) is 6.26 Å². The fourth-order valence-electron chi connectivity index (χ4n) is 5.30. The van der Waals surface area contributed by atoms with E-state index in [4.69, 9.17) is 4.42 Å². The average Bonchev–Trinajstić information content (AvgIpc) is 3.06. The lowest BCUT2D eigenvalue weighted by atomic mass is 9.78. The molecular weight excluding hydrogens is 450 g/mol. The number of carbonyl (C=O) groups is 1. The van der Waals surface area contributed by atoms with Gasteiger partial charge in [0.05, 0.1) is 28.4 Å². The standard InChI is InChI=1S/C30H27N3O3/c1-33(2)20-13-11-18(12-14-20)19-15-25-28(26(34)16-19)29(32-24-9-5-4-8-23(24)31-25)22-17-36-27-10-6-3-7-21(27)30(22)35/h3-14,17,19,29,31-32H,15-16H2,1-2H3. The van der Waals surface area contributed by atoms with Crippen molar-refractivity contribution >= 4 is 33.8 Å². The first-order valence-electron chi connectivity index (χ1n) is 12.2. The summed E-state index contributed by atoms with van der Waals surface area (Å²) in [4.78, 5) is 29.4. The topological polar surface area (TPSA) is 74.6 Å². The van der Waals surface area contributed by atoms with Gasteiger partial charge in [0.15, 0.2) is 11.2 Å². The van der Waals surface area contributed by atoms with Crippen molar-refractivity contribution in [3.63, 3.8) is 0 Å². The van der Waals surface area contributed by atoms with Gasteiger partial charge >= 0.3 is 0 Å². The molecule has 2 atom stereocenters. The first kappa shape index (κ1) is 22.2. The molecular formula is C30H27N3O3. The number of para-hydroxylation sites is 3. The Morgan fingerprint density at radius 1 is 0.861 bits per heavy atom. The smallest absolute Gasteiger partial charge is 0.198 e. The summed E-state index contributed by atoms with van der Waals surface area (Å²) in [5.74, 6) is 0.0854. The van der Waals surface area contributed by atoms with E-state index >= 15 is 0 Å². The molecule has 3 aromatic carbocycles. The molecule has 0 spiro atoms. The zero-order valence-electron chi connectivity index (χ0n) is 20.2. The summed E-state index contributed by atoms with van der Waals surface area (Å²) in [6.07, 6.45) is 2.56. The number of fused-ring (bicyclic) bond motifs is 2. The van der Waals surface area contributed by atoms with E-state index in [-0.39, 0.29) is 17.1 Å². The van der Waals surface area contributed by atoms with E-state index in [9.17, 15) is 9.59 Å². The molecule has 1 aliphatic heterocycles. The summed E-state index contributed by atoms with van der Waals surface area (Å²) in [7, 11) is 4.03. The zero-order valence-corrected chi connectivity index (χ0v) is 20.2. The molecule has 2 N–H and O–H groups in total. The van der Waals surface area contributed by atoms with Crippen LogP contribution in [0.25, 0.3) is 11.0 Å². The largest absolute Gasteiger partial charge is 0.464 e. The molecule has 0 saturated carbocycles. The van der Waals surface area contributed by atoms with Crippen LogP contribution < -0.4 is 21.0 Å². The quantitative estimate of drug-likeness (QED) is 0.386. The second kappa shape index (κ2) is 8.72. The van der Waals surface area contributed by atoms with Crippen molar-refractivity contribution in [1.29, 1.82) is 0 Å². The molecule has 1 aromatic heterocycles. The molecule has 2 aliphatic rings. The molecule has 6 nitrogen and oxygen atoms in total. The molecule has 36 heavy (non-hydrogen) atoms. The third-order valence-electron chi connectivity index (χ3n) is 7.21. The monoisotopic (exact) mass is 477 g/mol. The maximum atomic E-state index is 13.8. The molecule has 1 aliphatic carbocycles. The summed E-state index contributed by atoms with van der Waals surface area (Å²) in [5.41, 5.74) is 6.26. The molecule has 6 heteroatoms. The van der Waals surface area contributed by atoms with Crippen LogP contribution in [-0.4, -0.2) is 19.9 Å². The van der Waals surface area contributed by atoms with E-state index in [0.29, 0.717) is 34.9 Å². The van der Waals surface area contributed by atoms with Gasteiger partial charge in [-0.05, 0) is 54.3 Å². The van der Waals surface area contributed by atoms with Crippen molar-refractivity contribution in [2.45, 2.75) is 24.8 Å². The number of benzene rings is 3. The van der Waals surface area contributed by atoms with E-state index in [0.717, 1.165) is 28.3 Å². The van der Waals surface area contributed by atoms with Crippen molar-refractivity contribution in [1.82, 2.24) is 0 Å². The van der Waals surface area contributed by atoms with Gasteiger partial charge in [-0.15, -0.1) is 0 Å². The van der Waals surface area contributed by atoms with Crippen LogP contribution in [0.4, 0.5) is 17.1 Å². The van der Waals surface area contributed by atoms with Crippen molar-refractivity contribution in [3.05, 3.63) is 112 Å². The molecule has 6 rings (SSSR count). The second-order valence-corrected chi connectivity index (χ2v) is 9.67. The van der Waals surface area contributed by atoms with E-state index in [2.05, 4.69) is 39.8 Å². The highest BCUT2D eigenvalue weighted by molar-refractivity contribution is 6.01. The van der Waals surface area contributed by atoms with Crippen molar-refractivity contribution in [2.24, 2.45) is 0 Å². The summed E-state index contributed by atoms with van der Waals surface area (Å²) in [5, 5.41) is 7.52. The van der Waals surface area contributed by atoms with Gasteiger partial charge in [-0.1, -0.05) is 36.4 Å². The highest BCUT2D eigenvalue weighted by Crippen LogP contribution is 2.44. The summed E-state index contributed by atoms with van der Waals surface area (Å²) >= 11 is 0. The highest BCUT2D eigenvalue weighted by atomic mass is 16.3. The highest BCUT2D eigenvalue weighted by Gasteiger charge is 2.37. The fourth-order valence-corrected chi connectivity index (χ4v) is 5.30. The number of rotatable bonds is 3. The lowest BCUT2D eigenvalue weighted by Gasteiger charge is -2.29. The Kier molecular flexibility index (Phi) is 5.37. The number of nitrogens with one attached hydrogen (secondary N) is 2. The summed E-state index contributed by atoms with van der Waals surface area (Å²) in [6.45, 7) is 0. The zero-order chi connectivity index (χ0) is 24.8. The third-order valence-corrected chi connectivity index (χ3v) is 7.21. The maximum Gasteiger partial charge on any atom is 0.198 e. The van der Waals surface area contributed by atoms with Crippen molar-refractivity contribution in [3.8, 4) is 0 Å². The number of nitrogens with zero attached hydrogens (tertiary/aromatic N) is 1. The first-order valence-corrected chi connectivity index (χ1v) is 12.2. The van der Waals surface area contributed by atoms with Gasteiger partial charge in [0.2, 0.25) is 0 Å². The Hall–Kier alpha value is -4.32. The van der Waals surface area contributed by atoms with Gasteiger partial charge in [-0.2, -0.15) is 0 Å². The molecule has 0 amide bonds. The average molecular weight is 478 g/mol. The van der Waals surface area contributed by atoms with Crippen LogP contribution in [0.1, 0.15) is 35.9 Å². The third kappa shape index (κ3) is 3.75. The predicted octanol–water partition coefficient (Wildman–Crippen LogP) is 5.84. The van der Waals surface area contributed by atoms with E-state index in [1.807, 2.05) is 50.5 Å². The molecule has 0 radical (unpaired) electrons. The van der Waals surface area contributed by atoms with Crippen molar-refractivity contribution < 1.29 is 9.21 Å². The predicted molar refractivity (Wildman–Crippen MR) is 144 cm³/mol. The van der Waals surface area contributed by atoms with Crippen LogP contribution in [0.3, 0.4) is 0 Å². The van der Waals surface area contributed by atoms with Crippen LogP contribution >= 0.6 is 0 Å². The van der Waals surface area contributed by atoms with Gasteiger partial charge < -0.3 is 20.0 Å². The molecule has 180 valence electrons. The number of anilines is 3. The second-order valence-electron chi connectivity index (χ2n) is 9.67. The Morgan fingerprint density at radius 3 is 2.36 bits per heavy atom. The molecule has 2 heterocycles. The van der Waals surface area contributed by atoms with E-state index < -0.39 is 6.04 Å². The number of hydrogen-bond acceptors (Lipinski definition) is 6. The van der Waals surface area contributed by atoms with Gasteiger partial charge in [0.25, 0.3) is 0 Å². The van der Waals surface area contributed by atoms with Crippen LogP contribution in [0, 0.1) is 0 Å². The van der Waals surface area contributed by atoms with Crippen LogP contribution in [0.2, 0.25) is 0 Å². The van der Waals surface area contributed by atoms with Gasteiger partial charge in [-0.25, -0.2) is 0 Å². The van der Waals surface area contributed by atoms with Crippen LogP contribution in [0.5, 0.6) is 0 Å². The number of allylic oxidation sites excluding steroid dienone is 1. The number of hydrogen-bond donors (Lipinski definition) is 2. The SMILES string of the molecule is CN(C)c1ccc(C2CC(=O)C3=C(C2)Nc2ccccc2NC3c2coc3ccccc3c2=O)cc1. The molecule has 2 unspecified atom stereocenters. The van der Waals surface area contributed by atoms with Crippen LogP contribution in [0.15, 0.2) is 99.5 Å². The lowest BCUT2D eigenvalue weighted by Crippen LogP contribution is -2.29. The first-order chi connectivity index (χ1) is 17.5. The normalized spacial score (nSPS) is 19.1. The van der Waals surface area contributed by atoms with Crippen molar-refractivity contribution in [2.75, 3.05) is 29.6 Å². The Balaban J connectivity index is 1.47. The van der Waals surface area contributed by atoms with E-state index in [1.54, 1.807) is 12.1 Å². The number of Topliss-reactive ketones (excluding diaryl/α,β-unsaturated/α-hetero) is 1. The summed E-state index contributed by atoms with van der Waals surface area (Å²) < 4.78 is 5.84. The molecule has 0 bridgehead atoms.